The standard InChI is InChI=1S/C27H41N6O6PSi/c1-18(26(34)36-14-19-11-9-8-10-12-19)32-40(5,35)37-15-20-13-21(39-41(6,7)27(2,3)4)25(38-20)33-17-31-22-23(28)29-16-30-24(22)33/h8-12,16-18,20-21,25H,13-15H2,1-7H3,(H,32,35)(H2,28,29,30)/t18-,20-,21+,25+,40+/m0/s1. The van der Waals surface area contributed by atoms with Gasteiger partial charge in [0.05, 0.1) is 25.1 Å². The van der Waals surface area contributed by atoms with Crippen molar-refractivity contribution in [1.29, 1.82) is 0 Å². The molecule has 3 aromatic rings. The summed E-state index contributed by atoms with van der Waals surface area (Å²) in [5, 5.41) is 2.76. The fourth-order valence-electron chi connectivity index (χ4n) is 4.31. The number of esters is 1. The highest BCUT2D eigenvalue weighted by Gasteiger charge is 2.46. The van der Waals surface area contributed by atoms with Gasteiger partial charge in [-0.3, -0.25) is 13.9 Å². The Balaban J connectivity index is 1.42. The molecule has 1 aliphatic rings. The first kappa shape index (κ1) is 31.3. The molecule has 0 radical (unpaired) electrons. The van der Waals surface area contributed by atoms with E-state index in [9.17, 15) is 9.36 Å². The highest BCUT2D eigenvalue weighted by molar-refractivity contribution is 7.56. The Morgan fingerprint density at radius 2 is 1.95 bits per heavy atom. The maximum Gasteiger partial charge on any atom is 0.323 e. The molecule has 2 aromatic heterocycles. The van der Waals surface area contributed by atoms with E-state index in [0.29, 0.717) is 17.6 Å². The molecule has 14 heteroatoms. The number of nitrogens with two attached hydrogens (primary N) is 1. The van der Waals surface area contributed by atoms with Gasteiger partial charge >= 0.3 is 5.97 Å². The summed E-state index contributed by atoms with van der Waals surface area (Å²) in [7, 11) is -5.57. The van der Waals surface area contributed by atoms with Crippen LogP contribution in [-0.4, -0.2) is 65.3 Å². The predicted molar refractivity (Wildman–Crippen MR) is 159 cm³/mol. The Bertz CT molecular complexity index is 1400. The maximum absolute atomic E-state index is 13.3. The largest absolute Gasteiger partial charge is 0.460 e. The number of nitrogens with one attached hydrogen (secondary N) is 1. The molecule has 1 fully saturated rings. The van der Waals surface area contributed by atoms with E-state index in [2.05, 4.69) is 53.9 Å². The number of aromatic nitrogens is 4. The zero-order valence-corrected chi connectivity index (χ0v) is 26.6. The Labute approximate surface area is 242 Å². The van der Waals surface area contributed by atoms with Crippen molar-refractivity contribution in [3.8, 4) is 0 Å². The summed E-state index contributed by atoms with van der Waals surface area (Å²) >= 11 is 0. The van der Waals surface area contributed by atoms with Crippen LogP contribution in [0.2, 0.25) is 18.1 Å². The number of rotatable bonds is 11. The fourth-order valence-corrected chi connectivity index (χ4v) is 6.96. The number of ether oxygens (including phenoxy) is 2. The van der Waals surface area contributed by atoms with Crippen molar-refractivity contribution in [2.75, 3.05) is 19.0 Å². The second-order valence-corrected chi connectivity index (χ2v) is 18.9. The number of hydrogen-bond acceptors (Lipinski definition) is 10. The van der Waals surface area contributed by atoms with Gasteiger partial charge in [-0.2, -0.15) is 0 Å². The van der Waals surface area contributed by atoms with Gasteiger partial charge in [0.1, 0.15) is 24.5 Å². The van der Waals surface area contributed by atoms with Crippen LogP contribution in [0, 0.1) is 0 Å². The van der Waals surface area contributed by atoms with Crippen molar-refractivity contribution < 1.29 is 27.8 Å². The van der Waals surface area contributed by atoms with Crippen LogP contribution in [0.25, 0.3) is 11.2 Å². The first-order valence-corrected chi connectivity index (χ1v) is 18.6. The molecule has 4 rings (SSSR count). The van der Waals surface area contributed by atoms with Crippen LogP contribution in [0.1, 0.15) is 45.9 Å². The molecule has 3 N–H and O–H groups in total. The van der Waals surface area contributed by atoms with E-state index in [1.807, 2.05) is 30.3 Å². The van der Waals surface area contributed by atoms with E-state index < -0.39 is 40.2 Å². The Morgan fingerprint density at radius 3 is 2.63 bits per heavy atom. The number of nitrogens with zero attached hydrogens (tertiary/aromatic N) is 4. The van der Waals surface area contributed by atoms with Crippen LogP contribution in [0.5, 0.6) is 0 Å². The molecule has 1 saturated heterocycles. The van der Waals surface area contributed by atoms with Gasteiger partial charge in [-0.15, -0.1) is 0 Å². The Hall–Kier alpha value is -2.67. The van der Waals surface area contributed by atoms with Crippen LogP contribution >= 0.6 is 7.52 Å². The van der Waals surface area contributed by atoms with Crippen molar-refractivity contribution in [2.45, 2.75) is 83.3 Å². The van der Waals surface area contributed by atoms with Gasteiger partial charge in [0.15, 0.2) is 26.0 Å². The number of carbonyl (C=O) groups excluding carboxylic acids is 1. The third-order valence-corrected chi connectivity index (χ3v) is 13.6. The number of fused-ring (bicyclic) bond motifs is 1. The van der Waals surface area contributed by atoms with Gasteiger partial charge in [-0.25, -0.2) is 20.0 Å². The zero-order chi connectivity index (χ0) is 30.0. The van der Waals surface area contributed by atoms with Crippen molar-refractivity contribution in [1.82, 2.24) is 24.6 Å². The third kappa shape index (κ3) is 7.59. The van der Waals surface area contributed by atoms with Crippen LogP contribution < -0.4 is 10.8 Å². The van der Waals surface area contributed by atoms with Gasteiger partial charge in [-0.05, 0) is 30.6 Å². The van der Waals surface area contributed by atoms with Crippen molar-refractivity contribution in [3.63, 3.8) is 0 Å². The molecule has 224 valence electrons. The molecular formula is C27H41N6O6PSi. The fraction of sp³-hybridized carbons (Fsp3) is 0.556. The molecular weight excluding hydrogens is 563 g/mol. The molecule has 1 aromatic carbocycles. The van der Waals surface area contributed by atoms with Gasteiger partial charge < -0.3 is 24.2 Å². The topological polar surface area (TPSA) is 153 Å². The monoisotopic (exact) mass is 604 g/mol. The molecule has 0 bridgehead atoms. The number of hydrogen-bond donors (Lipinski definition) is 2. The van der Waals surface area contributed by atoms with Crippen LogP contribution in [0.3, 0.4) is 0 Å². The number of carbonyl (C=O) groups is 1. The summed E-state index contributed by atoms with van der Waals surface area (Å²) < 4.78 is 39.4. The van der Waals surface area contributed by atoms with Crippen molar-refractivity contribution >= 4 is 38.8 Å². The second-order valence-electron chi connectivity index (χ2n) is 12.0. The SMILES string of the molecule is C[C@H](N[P@](C)(=O)OC[C@@H]1C[C@@H](O[Si](C)(C)C(C)(C)C)[C@H](n2cnc3c(N)ncnc32)O1)C(=O)OCc1ccccc1. The van der Waals surface area contributed by atoms with Crippen LogP contribution in [-0.2, 0) is 34.4 Å². The van der Waals surface area contributed by atoms with E-state index >= 15 is 0 Å². The average Bonchev–Trinajstić information content (AvgIpc) is 3.50. The van der Waals surface area contributed by atoms with E-state index in [1.165, 1.54) is 13.0 Å². The van der Waals surface area contributed by atoms with E-state index in [4.69, 9.17) is 24.2 Å². The molecule has 1 aliphatic heterocycles. The molecule has 0 saturated carbocycles. The summed E-state index contributed by atoms with van der Waals surface area (Å²) in [6.45, 7) is 14.1. The Kier molecular flexibility index (Phi) is 9.37. The summed E-state index contributed by atoms with van der Waals surface area (Å²) in [5.41, 5.74) is 7.90. The molecule has 0 aliphatic carbocycles. The average molecular weight is 605 g/mol. The zero-order valence-electron chi connectivity index (χ0n) is 24.7. The number of anilines is 1. The second kappa shape index (κ2) is 12.3. The maximum atomic E-state index is 13.3. The van der Waals surface area contributed by atoms with E-state index in [0.717, 1.165) is 5.56 Å². The molecule has 0 unspecified atom stereocenters. The first-order valence-electron chi connectivity index (χ1n) is 13.6. The highest BCUT2D eigenvalue weighted by atomic mass is 31.2. The van der Waals surface area contributed by atoms with Gasteiger partial charge in [-0.1, -0.05) is 51.1 Å². The minimum atomic E-state index is -3.38. The quantitative estimate of drug-likeness (QED) is 0.179. The number of nitrogen functional groups attached to an aromatic ring is 1. The first-order chi connectivity index (χ1) is 19.2. The predicted octanol–water partition coefficient (Wildman–Crippen LogP) is 4.65. The molecule has 0 amide bonds. The Morgan fingerprint density at radius 1 is 1.24 bits per heavy atom. The lowest BCUT2D eigenvalue weighted by Crippen LogP contribution is -2.45. The van der Waals surface area contributed by atoms with Gasteiger partial charge in [0, 0.05) is 13.1 Å². The third-order valence-electron chi connectivity index (χ3n) is 7.57. The van der Waals surface area contributed by atoms with Crippen LogP contribution in [0.4, 0.5) is 5.82 Å². The summed E-state index contributed by atoms with van der Waals surface area (Å²) in [6.07, 6.45) is 2.22. The van der Waals surface area contributed by atoms with Crippen LogP contribution in [0.15, 0.2) is 43.0 Å². The highest BCUT2D eigenvalue weighted by Crippen LogP contribution is 2.44. The summed E-state index contributed by atoms with van der Waals surface area (Å²) in [5.74, 6) is -0.240. The molecule has 3 heterocycles. The molecule has 41 heavy (non-hydrogen) atoms. The number of imidazole rings is 1. The molecule has 12 nitrogen and oxygen atoms in total. The van der Waals surface area contributed by atoms with E-state index in [1.54, 1.807) is 17.8 Å². The number of benzene rings is 1. The molecule has 0 spiro atoms. The lowest BCUT2D eigenvalue weighted by molar-refractivity contribution is -0.146. The summed E-state index contributed by atoms with van der Waals surface area (Å²) in [4.78, 5) is 25.3. The minimum Gasteiger partial charge on any atom is -0.460 e. The minimum absolute atomic E-state index is 0.0238. The van der Waals surface area contributed by atoms with E-state index in [-0.39, 0.29) is 30.2 Å². The van der Waals surface area contributed by atoms with Gasteiger partial charge in [0.25, 0.3) is 7.52 Å². The smallest absolute Gasteiger partial charge is 0.323 e. The van der Waals surface area contributed by atoms with Gasteiger partial charge in [0.2, 0.25) is 0 Å². The lowest BCUT2D eigenvalue weighted by atomic mass is 10.2. The molecule has 5 atom stereocenters. The van der Waals surface area contributed by atoms with Crippen molar-refractivity contribution in [2.24, 2.45) is 0 Å². The summed E-state index contributed by atoms with van der Waals surface area (Å²) in [6, 6.07) is 8.53. The lowest BCUT2D eigenvalue weighted by Gasteiger charge is -2.39. The normalized spacial score (nSPS) is 22.0. The van der Waals surface area contributed by atoms with Crippen molar-refractivity contribution in [3.05, 3.63) is 48.5 Å².